The molecule has 5 nitrogen and oxygen atoms in total. The smallest absolute Gasteiger partial charge is 0.199 e. The minimum Gasteiger partial charge on any atom is -0.383 e. The Morgan fingerprint density at radius 3 is 2.25 bits per heavy atom. The van der Waals surface area contributed by atoms with Crippen LogP contribution in [0.25, 0.3) is 11.6 Å². The standard InChI is InChI=1S/C10H10BrN5/c1-5-3-13-9(14-4-5)10-15-6(2)7(11)8(12)16-10/h3-4H,1-2H3,(H2,12,15,16). The van der Waals surface area contributed by atoms with E-state index >= 15 is 0 Å². The van der Waals surface area contributed by atoms with Gasteiger partial charge >= 0.3 is 0 Å². The summed E-state index contributed by atoms with van der Waals surface area (Å²) < 4.78 is 0.711. The van der Waals surface area contributed by atoms with Crippen molar-refractivity contribution in [3.8, 4) is 11.6 Å². The van der Waals surface area contributed by atoms with Crippen molar-refractivity contribution in [1.29, 1.82) is 0 Å². The number of anilines is 1. The maximum Gasteiger partial charge on any atom is 0.199 e. The molecule has 2 aromatic heterocycles. The molecule has 2 N–H and O–H groups in total. The van der Waals surface area contributed by atoms with E-state index in [1.54, 1.807) is 12.4 Å². The van der Waals surface area contributed by atoms with Crippen LogP contribution in [0.3, 0.4) is 0 Å². The fourth-order valence-electron chi connectivity index (χ4n) is 1.19. The van der Waals surface area contributed by atoms with Gasteiger partial charge in [-0.1, -0.05) is 0 Å². The fourth-order valence-corrected chi connectivity index (χ4v) is 1.37. The van der Waals surface area contributed by atoms with Gasteiger partial charge in [-0.2, -0.15) is 0 Å². The highest BCUT2D eigenvalue weighted by Gasteiger charge is 2.10. The van der Waals surface area contributed by atoms with Gasteiger partial charge in [-0.15, -0.1) is 0 Å². The van der Waals surface area contributed by atoms with Crippen LogP contribution >= 0.6 is 15.9 Å². The molecule has 0 unspecified atom stereocenters. The molecule has 0 radical (unpaired) electrons. The summed E-state index contributed by atoms with van der Waals surface area (Å²) in [5.74, 6) is 1.32. The van der Waals surface area contributed by atoms with Crippen molar-refractivity contribution in [3.05, 3.63) is 28.1 Å². The lowest BCUT2D eigenvalue weighted by molar-refractivity contribution is 1.04. The number of hydrogen-bond donors (Lipinski definition) is 1. The van der Waals surface area contributed by atoms with Crippen LogP contribution in [0.1, 0.15) is 11.3 Å². The zero-order chi connectivity index (χ0) is 11.7. The Kier molecular flexibility index (Phi) is 2.82. The highest BCUT2D eigenvalue weighted by atomic mass is 79.9. The Hall–Kier alpha value is -1.56. The molecule has 0 saturated carbocycles. The summed E-state index contributed by atoms with van der Waals surface area (Å²) >= 11 is 3.31. The van der Waals surface area contributed by atoms with E-state index < -0.39 is 0 Å². The maximum absolute atomic E-state index is 5.74. The Labute approximate surface area is 101 Å². The van der Waals surface area contributed by atoms with Crippen molar-refractivity contribution in [2.45, 2.75) is 13.8 Å². The lowest BCUT2D eigenvalue weighted by atomic mass is 10.3. The lowest BCUT2D eigenvalue weighted by Gasteiger charge is -2.04. The number of nitrogens with zero attached hydrogens (tertiary/aromatic N) is 4. The van der Waals surface area contributed by atoms with Crippen LogP contribution in [-0.4, -0.2) is 19.9 Å². The van der Waals surface area contributed by atoms with Gasteiger partial charge in [0.15, 0.2) is 11.6 Å². The van der Waals surface area contributed by atoms with Gasteiger partial charge in [-0.25, -0.2) is 19.9 Å². The Bertz CT molecular complexity index is 500. The SMILES string of the molecule is Cc1cnc(-c2nc(C)c(Br)c(N)n2)nc1. The van der Waals surface area contributed by atoms with Crippen molar-refractivity contribution < 1.29 is 0 Å². The molecule has 0 atom stereocenters. The molecule has 0 aliphatic heterocycles. The predicted molar refractivity (Wildman–Crippen MR) is 64.6 cm³/mol. The topological polar surface area (TPSA) is 77.6 Å². The number of nitrogens with two attached hydrogens (primary N) is 1. The van der Waals surface area contributed by atoms with Crippen LogP contribution in [0.15, 0.2) is 16.9 Å². The third kappa shape index (κ3) is 2.01. The monoisotopic (exact) mass is 279 g/mol. The first-order valence-electron chi connectivity index (χ1n) is 4.66. The summed E-state index contributed by atoms with van der Waals surface area (Å²) in [6.07, 6.45) is 3.44. The molecule has 0 aliphatic carbocycles. The number of aromatic nitrogens is 4. The van der Waals surface area contributed by atoms with E-state index in [1.807, 2.05) is 13.8 Å². The zero-order valence-electron chi connectivity index (χ0n) is 8.90. The van der Waals surface area contributed by atoms with Crippen molar-refractivity contribution in [3.63, 3.8) is 0 Å². The Balaban J connectivity index is 2.52. The molecule has 0 aliphatic rings. The summed E-state index contributed by atoms with van der Waals surface area (Å²) in [6.45, 7) is 3.77. The molecule has 0 saturated heterocycles. The third-order valence-electron chi connectivity index (χ3n) is 2.02. The molecule has 6 heteroatoms. The molecule has 0 aromatic carbocycles. The summed E-state index contributed by atoms with van der Waals surface area (Å²) in [4.78, 5) is 16.7. The average molecular weight is 280 g/mol. The summed E-state index contributed by atoms with van der Waals surface area (Å²) in [5.41, 5.74) is 7.50. The van der Waals surface area contributed by atoms with Crippen LogP contribution in [0, 0.1) is 13.8 Å². The van der Waals surface area contributed by atoms with Gasteiger partial charge in [0.05, 0.1) is 10.2 Å². The average Bonchev–Trinajstić information content (AvgIpc) is 2.26. The van der Waals surface area contributed by atoms with E-state index in [0.717, 1.165) is 11.3 Å². The molecule has 2 aromatic rings. The van der Waals surface area contributed by atoms with Gasteiger partial charge in [0.1, 0.15) is 5.82 Å². The van der Waals surface area contributed by atoms with Gasteiger partial charge in [0.2, 0.25) is 0 Å². The van der Waals surface area contributed by atoms with Gasteiger partial charge in [0.25, 0.3) is 0 Å². The molecule has 0 spiro atoms. The normalized spacial score (nSPS) is 10.4. The number of halogens is 1. The molecule has 0 amide bonds. The van der Waals surface area contributed by atoms with Crippen molar-refractivity contribution in [2.24, 2.45) is 0 Å². The van der Waals surface area contributed by atoms with Crippen LogP contribution in [-0.2, 0) is 0 Å². The van der Waals surface area contributed by atoms with Crippen LogP contribution in [0.4, 0.5) is 5.82 Å². The number of aryl methyl sites for hydroxylation is 2. The van der Waals surface area contributed by atoms with Crippen molar-refractivity contribution in [2.75, 3.05) is 5.73 Å². The molecule has 2 heterocycles. The second-order valence-corrected chi connectivity index (χ2v) is 4.21. The Morgan fingerprint density at radius 2 is 1.69 bits per heavy atom. The minimum absolute atomic E-state index is 0.395. The number of nitrogen functional groups attached to an aromatic ring is 1. The summed E-state index contributed by atoms with van der Waals surface area (Å²) in [6, 6.07) is 0. The van der Waals surface area contributed by atoms with Crippen LogP contribution < -0.4 is 5.73 Å². The van der Waals surface area contributed by atoms with Crippen molar-refractivity contribution in [1.82, 2.24) is 19.9 Å². The summed E-state index contributed by atoms with van der Waals surface area (Å²) in [7, 11) is 0. The first-order chi connectivity index (χ1) is 7.58. The molecule has 0 fully saturated rings. The highest BCUT2D eigenvalue weighted by Crippen LogP contribution is 2.22. The van der Waals surface area contributed by atoms with Gasteiger partial charge in [-0.3, -0.25) is 0 Å². The zero-order valence-corrected chi connectivity index (χ0v) is 10.5. The largest absolute Gasteiger partial charge is 0.383 e. The van der Waals surface area contributed by atoms with E-state index in [0.29, 0.717) is 21.9 Å². The fraction of sp³-hybridized carbons (Fsp3) is 0.200. The molecule has 16 heavy (non-hydrogen) atoms. The highest BCUT2D eigenvalue weighted by molar-refractivity contribution is 9.10. The first-order valence-corrected chi connectivity index (χ1v) is 5.46. The van der Waals surface area contributed by atoms with E-state index in [9.17, 15) is 0 Å². The third-order valence-corrected chi connectivity index (χ3v) is 3.00. The molecular formula is C10H10BrN5. The number of hydrogen-bond acceptors (Lipinski definition) is 5. The molecule has 2 rings (SSSR count). The second-order valence-electron chi connectivity index (χ2n) is 3.42. The van der Waals surface area contributed by atoms with Gasteiger partial charge in [-0.05, 0) is 35.3 Å². The van der Waals surface area contributed by atoms with Crippen LogP contribution in [0.2, 0.25) is 0 Å². The predicted octanol–water partition coefficient (Wildman–Crippen LogP) is 1.90. The van der Waals surface area contributed by atoms with Gasteiger partial charge in [0, 0.05) is 12.4 Å². The molecule has 0 bridgehead atoms. The number of rotatable bonds is 1. The van der Waals surface area contributed by atoms with Crippen LogP contribution in [0.5, 0.6) is 0 Å². The lowest BCUT2D eigenvalue weighted by Crippen LogP contribution is -2.02. The van der Waals surface area contributed by atoms with E-state index in [2.05, 4.69) is 35.9 Å². The van der Waals surface area contributed by atoms with E-state index in [4.69, 9.17) is 5.73 Å². The quantitative estimate of drug-likeness (QED) is 0.863. The maximum atomic E-state index is 5.74. The summed E-state index contributed by atoms with van der Waals surface area (Å²) in [5, 5.41) is 0. The second kappa shape index (κ2) is 4.13. The van der Waals surface area contributed by atoms with E-state index in [-0.39, 0.29) is 0 Å². The van der Waals surface area contributed by atoms with E-state index in [1.165, 1.54) is 0 Å². The van der Waals surface area contributed by atoms with Crippen molar-refractivity contribution >= 4 is 21.7 Å². The minimum atomic E-state index is 0.395. The molecule has 82 valence electrons. The molecular weight excluding hydrogens is 270 g/mol. The Morgan fingerprint density at radius 1 is 1.06 bits per heavy atom. The van der Waals surface area contributed by atoms with Gasteiger partial charge < -0.3 is 5.73 Å². The first kappa shape index (κ1) is 10.9.